The van der Waals surface area contributed by atoms with Crippen LogP contribution in [-0.4, -0.2) is 13.7 Å². The largest absolute Gasteiger partial charge is 0.497 e. The first-order valence-electron chi connectivity index (χ1n) is 5.57. The van der Waals surface area contributed by atoms with E-state index < -0.39 is 0 Å². The lowest BCUT2D eigenvalue weighted by Crippen LogP contribution is -2.19. The molecule has 0 saturated heterocycles. The van der Waals surface area contributed by atoms with E-state index in [2.05, 4.69) is 5.32 Å². The van der Waals surface area contributed by atoms with Crippen LogP contribution in [0.5, 0.6) is 5.75 Å². The van der Waals surface area contributed by atoms with Gasteiger partial charge in [-0.25, -0.2) is 0 Å². The summed E-state index contributed by atoms with van der Waals surface area (Å²) in [5.74, 6) is 0.837. The van der Waals surface area contributed by atoms with Crippen molar-refractivity contribution in [3.63, 3.8) is 0 Å². The van der Waals surface area contributed by atoms with Crippen LogP contribution in [0.4, 0.5) is 5.69 Å². The number of thiophene rings is 1. The number of hydrogen-bond acceptors (Lipinski definition) is 4. The fourth-order valence-electron chi connectivity index (χ4n) is 1.65. The number of methoxy groups -OCH3 is 1. The van der Waals surface area contributed by atoms with Gasteiger partial charge in [0.2, 0.25) is 0 Å². The maximum Gasteiger partial charge on any atom is 0.119 e. The Morgan fingerprint density at radius 3 is 2.61 bits per heavy atom. The number of halogens is 1. The van der Waals surface area contributed by atoms with E-state index in [0.29, 0.717) is 6.54 Å². The molecule has 5 heteroatoms. The molecule has 1 aromatic heterocycles. The number of nitrogens with two attached hydrogens (primary N) is 1. The topological polar surface area (TPSA) is 47.3 Å². The SMILES string of the molecule is COc1ccc(NC(CN)c2cc(Cl)cs2)cc1. The first-order valence-corrected chi connectivity index (χ1v) is 6.83. The molecule has 0 bridgehead atoms. The minimum atomic E-state index is 0.0795. The summed E-state index contributed by atoms with van der Waals surface area (Å²) in [5, 5.41) is 6.05. The third-order valence-electron chi connectivity index (χ3n) is 2.60. The highest BCUT2D eigenvalue weighted by Gasteiger charge is 2.11. The molecule has 1 aromatic carbocycles. The molecule has 1 atom stereocenters. The zero-order valence-corrected chi connectivity index (χ0v) is 11.6. The first-order chi connectivity index (χ1) is 8.72. The molecular formula is C13H15ClN2OS. The molecule has 2 aromatic rings. The van der Waals surface area contributed by atoms with Gasteiger partial charge in [0.05, 0.1) is 18.2 Å². The Kier molecular flexibility index (Phi) is 4.47. The average molecular weight is 283 g/mol. The van der Waals surface area contributed by atoms with Crippen molar-refractivity contribution in [2.24, 2.45) is 5.73 Å². The Bertz CT molecular complexity index is 498. The zero-order chi connectivity index (χ0) is 13.0. The van der Waals surface area contributed by atoms with Crippen LogP contribution < -0.4 is 15.8 Å². The van der Waals surface area contributed by atoms with Gasteiger partial charge in [-0.1, -0.05) is 11.6 Å². The molecule has 0 aliphatic heterocycles. The second-order valence-electron chi connectivity index (χ2n) is 3.83. The monoisotopic (exact) mass is 282 g/mol. The summed E-state index contributed by atoms with van der Waals surface area (Å²) in [5.41, 5.74) is 6.80. The predicted octanol–water partition coefficient (Wildman–Crippen LogP) is 3.52. The summed E-state index contributed by atoms with van der Waals surface area (Å²) in [6.45, 7) is 0.517. The van der Waals surface area contributed by atoms with Crippen LogP contribution in [0.1, 0.15) is 10.9 Å². The third kappa shape index (κ3) is 3.16. The lowest BCUT2D eigenvalue weighted by Gasteiger charge is -2.16. The van der Waals surface area contributed by atoms with Crippen molar-refractivity contribution in [3.05, 3.63) is 45.6 Å². The van der Waals surface area contributed by atoms with Gasteiger partial charge in [-0.3, -0.25) is 0 Å². The lowest BCUT2D eigenvalue weighted by molar-refractivity contribution is 0.415. The smallest absolute Gasteiger partial charge is 0.119 e. The van der Waals surface area contributed by atoms with Crippen molar-refractivity contribution >= 4 is 28.6 Å². The molecule has 0 fully saturated rings. The standard InChI is InChI=1S/C13H15ClN2OS/c1-17-11-4-2-10(3-5-11)16-12(7-15)13-6-9(14)8-18-13/h2-6,8,12,16H,7,15H2,1H3. The van der Waals surface area contributed by atoms with Crippen molar-refractivity contribution in [2.45, 2.75) is 6.04 Å². The van der Waals surface area contributed by atoms with E-state index in [1.165, 1.54) is 0 Å². The van der Waals surface area contributed by atoms with Crippen molar-refractivity contribution in [2.75, 3.05) is 19.0 Å². The van der Waals surface area contributed by atoms with Crippen LogP contribution in [0.25, 0.3) is 0 Å². The molecule has 3 nitrogen and oxygen atoms in total. The molecule has 2 rings (SSSR count). The highest BCUT2D eigenvalue weighted by Crippen LogP contribution is 2.27. The number of ether oxygens (including phenoxy) is 1. The van der Waals surface area contributed by atoms with Gasteiger partial charge >= 0.3 is 0 Å². The molecule has 0 aliphatic rings. The summed E-state index contributed by atoms with van der Waals surface area (Å²) in [6.07, 6.45) is 0. The maximum atomic E-state index is 5.93. The van der Waals surface area contributed by atoms with Crippen LogP contribution >= 0.6 is 22.9 Å². The van der Waals surface area contributed by atoms with Crippen LogP contribution in [-0.2, 0) is 0 Å². The molecule has 96 valence electrons. The minimum absolute atomic E-state index is 0.0795. The average Bonchev–Trinajstić information content (AvgIpc) is 2.83. The Morgan fingerprint density at radius 1 is 1.39 bits per heavy atom. The van der Waals surface area contributed by atoms with Crippen molar-refractivity contribution in [1.29, 1.82) is 0 Å². The molecule has 1 unspecified atom stereocenters. The van der Waals surface area contributed by atoms with Crippen molar-refractivity contribution < 1.29 is 4.74 Å². The van der Waals surface area contributed by atoms with Crippen molar-refractivity contribution in [3.8, 4) is 5.75 Å². The molecule has 3 N–H and O–H groups in total. The number of benzene rings is 1. The van der Waals surface area contributed by atoms with E-state index in [0.717, 1.165) is 21.3 Å². The number of nitrogens with one attached hydrogen (secondary N) is 1. The summed E-state index contributed by atoms with van der Waals surface area (Å²) in [6, 6.07) is 9.79. The van der Waals surface area contributed by atoms with Crippen LogP contribution in [0.3, 0.4) is 0 Å². The van der Waals surface area contributed by atoms with Gasteiger partial charge in [0.1, 0.15) is 5.75 Å². The Labute approximate surface area is 116 Å². The van der Waals surface area contributed by atoms with E-state index in [9.17, 15) is 0 Å². The van der Waals surface area contributed by atoms with Crippen LogP contribution in [0, 0.1) is 0 Å². The third-order valence-corrected chi connectivity index (χ3v) is 3.99. The highest BCUT2D eigenvalue weighted by molar-refractivity contribution is 7.10. The molecule has 0 saturated carbocycles. The van der Waals surface area contributed by atoms with Gasteiger partial charge in [0.25, 0.3) is 0 Å². The molecule has 0 spiro atoms. The van der Waals surface area contributed by atoms with E-state index in [-0.39, 0.29) is 6.04 Å². The number of hydrogen-bond donors (Lipinski definition) is 2. The Morgan fingerprint density at radius 2 is 2.11 bits per heavy atom. The van der Waals surface area contributed by atoms with Gasteiger partial charge < -0.3 is 15.8 Å². The zero-order valence-electron chi connectivity index (χ0n) is 10.0. The Balaban J connectivity index is 2.10. The Hall–Kier alpha value is -1.23. The van der Waals surface area contributed by atoms with Gasteiger partial charge in [0.15, 0.2) is 0 Å². The van der Waals surface area contributed by atoms with Gasteiger partial charge in [-0.2, -0.15) is 0 Å². The van der Waals surface area contributed by atoms with Gasteiger partial charge in [-0.15, -0.1) is 11.3 Å². The lowest BCUT2D eigenvalue weighted by atomic mass is 10.2. The first kappa shape index (κ1) is 13.2. The normalized spacial score (nSPS) is 12.2. The number of anilines is 1. The molecule has 0 radical (unpaired) electrons. The summed E-state index contributed by atoms with van der Waals surface area (Å²) in [7, 11) is 1.65. The van der Waals surface area contributed by atoms with Gasteiger partial charge in [0, 0.05) is 22.5 Å². The highest BCUT2D eigenvalue weighted by atomic mass is 35.5. The maximum absolute atomic E-state index is 5.93. The summed E-state index contributed by atoms with van der Waals surface area (Å²) >= 11 is 7.54. The second kappa shape index (κ2) is 6.09. The molecule has 0 amide bonds. The molecule has 0 aliphatic carbocycles. The van der Waals surface area contributed by atoms with E-state index >= 15 is 0 Å². The second-order valence-corrected chi connectivity index (χ2v) is 5.21. The van der Waals surface area contributed by atoms with Gasteiger partial charge in [-0.05, 0) is 30.3 Å². The van der Waals surface area contributed by atoms with E-state index in [4.69, 9.17) is 22.1 Å². The minimum Gasteiger partial charge on any atom is -0.497 e. The predicted molar refractivity (Wildman–Crippen MR) is 77.7 cm³/mol. The van der Waals surface area contributed by atoms with E-state index in [1.807, 2.05) is 35.7 Å². The van der Waals surface area contributed by atoms with Crippen LogP contribution in [0.15, 0.2) is 35.7 Å². The summed E-state index contributed by atoms with van der Waals surface area (Å²) < 4.78 is 5.12. The molecule has 1 heterocycles. The molecular weight excluding hydrogens is 268 g/mol. The quantitative estimate of drug-likeness (QED) is 0.882. The fourth-order valence-corrected chi connectivity index (χ4v) is 2.79. The van der Waals surface area contributed by atoms with Crippen molar-refractivity contribution in [1.82, 2.24) is 0 Å². The fraction of sp³-hybridized carbons (Fsp3) is 0.231. The molecule has 18 heavy (non-hydrogen) atoms. The summed E-state index contributed by atoms with van der Waals surface area (Å²) in [4.78, 5) is 1.14. The number of rotatable bonds is 5. The van der Waals surface area contributed by atoms with E-state index in [1.54, 1.807) is 18.4 Å². The van der Waals surface area contributed by atoms with Crippen LogP contribution in [0.2, 0.25) is 5.02 Å².